The first-order valence-electron chi connectivity index (χ1n) is 18.7. The molecule has 0 heterocycles. The van der Waals surface area contributed by atoms with Gasteiger partial charge in [0.05, 0.1) is 18.8 Å². The molecule has 0 saturated heterocycles. The summed E-state index contributed by atoms with van der Waals surface area (Å²) in [4.78, 5) is 0. The number of hydrogen-bond donors (Lipinski definition) is 1. The molecule has 0 aliphatic carbocycles. The van der Waals surface area contributed by atoms with Crippen LogP contribution >= 0.6 is 0 Å². The van der Waals surface area contributed by atoms with E-state index in [1.54, 1.807) is 0 Å². The van der Waals surface area contributed by atoms with Gasteiger partial charge in [-0.15, -0.1) is 5.54 Å². The molecule has 0 bridgehead atoms. The van der Waals surface area contributed by atoms with Gasteiger partial charge in [0.2, 0.25) is 0 Å². The maximum atomic E-state index is 11.3. The summed E-state index contributed by atoms with van der Waals surface area (Å²) in [5, 5.41) is 11.6. The minimum absolute atomic E-state index is 0.0310. The van der Waals surface area contributed by atoms with Crippen molar-refractivity contribution in [3.8, 4) is 23.3 Å². The molecule has 0 aliphatic heterocycles. The SMILES string of the molecule is CC(C)(C)[Si](C)(C)OC[C@@H](C[C@@H](C#CC[C@@H](O)C[C@@H](C#C[Si](C)(C)C)O[Si](C)(C)C(C)(C)C)O[Si](C)(C)C(C)(C)C)O[Si](C)(C)C(C)(C)C. The Balaban J connectivity index is 6.53. The van der Waals surface area contributed by atoms with E-state index in [9.17, 15) is 5.11 Å². The van der Waals surface area contributed by atoms with Crippen LogP contribution in [0.2, 0.25) is 92.2 Å². The summed E-state index contributed by atoms with van der Waals surface area (Å²) >= 11 is 0. The highest BCUT2D eigenvalue weighted by atomic mass is 28.4. The molecule has 0 rings (SSSR count). The smallest absolute Gasteiger partial charge is 0.193 e. The van der Waals surface area contributed by atoms with Gasteiger partial charge in [-0.1, -0.05) is 120 Å². The molecule has 49 heavy (non-hydrogen) atoms. The van der Waals surface area contributed by atoms with Crippen molar-refractivity contribution in [2.24, 2.45) is 0 Å². The Labute approximate surface area is 311 Å². The summed E-state index contributed by atoms with van der Waals surface area (Å²) in [6.45, 7) is 52.8. The minimum Gasteiger partial charge on any atom is -0.414 e. The van der Waals surface area contributed by atoms with Crippen LogP contribution in [0.25, 0.3) is 0 Å². The van der Waals surface area contributed by atoms with E-state index in [1.165, 1.54) is 0 Å². The van der Waals surface area contributed by atoms with Gasteiger partial charge in [0.15, 0.2) is 33.3 Å². The molecule has 0 aliphatic rings. The summed E-state index contributed by atoms with van der Waals surface area (Å²) in [6.07, 6.45) is 0.0170. The van der Waals surface area contributed by atoms with Crippen molar-refractivity contribution in [1.82, 2.24) is 0 Å². The zero-order valence-corrected chi connectivity index (χ0v) is 41.7. The molecule has 1 N–H and O–H groups in total. The molecule has 0 fully saturated rings. The Morgan fingerprint density at radius 2 is 0.878 bits per heavy atom. The van der Waals surface area contributed by atoms with Gasteiger partial charge in [-0.2, -0.15) is 0 Å². The Morgan fingerprint density at radius 3 is 1.24 bits per heavy atom. The molecule has 0 aromatic rings. The van der Waals surface area contributed by atoms with E-state index in [0.717, 1.165) is 0 Å². The number of hydrogen-bond acceptors (Lipinski definition) is 5. The standard InChI is InChI=1S/C39H82O5Si5/c1-36(2,3)46(16,17)41-31-35(44-49(22,23)39(10,11)12)30-33(42-47(18,19)37(4,5)6)26-24-25-32(40)29-34(27-28-45(13,14)15)43-48(20,21)38(7,8)9/h32-35,40H,25,29-31H2,1-23H3/t32-,33-,34-,35-/m1/s1. The van der Waals surface area contributed by atoms with E-state index in [2.05, 4.69) is 178 Å². The largest absolute Gasteiger partial charge is 0.414 e. The maximum absolute atomic E-state index is 11.3. The fourth-order valence-corrected chi connectivity index (χ4v) is 9.18. The summed E-state index contributed by atoms with van der Waals surface area (Å²) in [6, 6.07) is 0. The van der Waals surface area contributed by atoms with Crippen LogP contribution in [0, 0.1) is 23.3 Å². The van der Waals surface area contributed by atoms with Crippen molar-refractivity contribution < 1.29 is 22.8 Å². The Hall–Kier alpha value is 0.00442. The second-order valence-electron chi connectivity index (χ2n) is 21.5. The fraction of sp³-hybridized carbons (Fsp3) is 0.897. The lowest BCUT2D eigenvalue weighted by molar-refractivity contribution is 0.0715. The van der Waals surface area contributed by atoms with E-state index >= 15 is 0 Å². The van der Waals surface area contributed by atoms with Crippen LogP contribution in [0.1, 0.15) is 102 Å². The highest BCUT2D eigenvalue weighted by Crippen LogP contribution is 2.41. The summed E-state index contributed by atoms with van der Waals surface area (Å²) in [7, 11) is -9.97. The second-order valence-corrected chi connectivity index (χ2v) is 45.3. The number of rotatable bonds is 14. The lowest BCUT2D eigenvalue weighted by atomic mass is 10.1. The zero-order chi connectivity index (χ0) is 39.3. The van der Waals surface area contributed by atoms with Gasteiger partial charge < -0.3 is 22.8 Å². The fourth-order valence-electron chi connectivity index (χ4n) is 3.76. The van der Waals surface area contributed by atoms with Gasteiger partial charge in [0.1, 0.15) is 20.3 Å². The van der Waals surface area contributed by atoms with Gasteiger partial charge in [0, 0.05) is 19.3 Å². The average molecular weight is 772 g/mol. The highest BCUT2D eigenvalue weighted by Gasteiger charge is 2.44. The number of aliphatic hydroxyl groups excluding tert-OH is 1. The monoisotopic (exact) mass is 771 g/mol. The first-order valence-corrected chi connectivity index (χ1v) is 33.8. The first kappa shape index (κ1) is 49.0. The van der Waals surface area contributed by atoms with E-state index in [4.69, 9.17) is 17.7 Å². The summed E-state index contributed by atoms with van der Waals surface area (Å²) in [5.74, 6) is 10.3. The van der Waals surface area contributed by atoms with E-state index < -0.39 is 47.4 Å². The van der Waals surface area contributed by atoms with Crippen LogP contribution in [0.3, 0.4) is 0 Å². The third-order valence-corrected chi connectivity index (χ3v) is 30.3. The molecule has 10 heteroatoms. The van der Waals surface area contributed by atoms with Crippen LogP contribution in [0.4, 0.5) is 0 Å². The summed E-state index contributed by atoms with van der Waals surface area (Å²) < 4.78 is 27.6. The van der Waals surface area contributed by atoms with E-state index in [0.29, 0.717) is 25.9 Å². The molecule has 0 aromatic carbocycles. The normalized spacial score (nSPS) is 17.0. The summed E-state index contributed by atoms with van der Waals surface area (Å²) in [5.41, 5.74) is 3.50. The molecule has 0 aromatic heterocycles. The number of aliphatic hydroxyl groups is 1. The van der Waals surface area contributed by atoms with Gasteiger partial charge in [0.25, 0.3) is 0 Å². The van der Waals surface area contributed by atoms with Gasteiger partial charge >= 0.3 is 0 Å². The predicted octanol–water partition coefficient (Wildman–Crippen LogP) is 11.6. The molecule has 5 nitrogen and oxygen atoms in total. The van der Waals surface area contributed by atoms with Crippen molar-refractivity contribution in [3.05, 3.63) is 0 Å². The molecular weight excluding hydrogens is 689 g/mol. The Bertz CT molecular complexity index is 1150. The van der Waals surface area contributed by atoms with E-state index in [-0.39, 0.29) is 38.5 Å². The van der Waals surface area contributed by atoms with Crippen molar-refractivity contribution >= 4 is 41.3 Å². The average Bonchev–Trinajstić information content (AvgIpc) is 2.82. The highest BCUT2D eigenvalue weighted by molar-refractivity contribution is 6.84. The van der Waals surface area contributed by atoms with Crippen molar-refractivity contribution in [1.29, 1.82) is 0 Å². The van der Waals surface area contributed by atoms with Crippen LogP contribution in [0.15, 0.2) is 0 Å². The van der Waals surface area contributed by atoms with E-state index in [1.807, 2.05) is 0 Å². The second kappa shape index (κ2) is 17.4. The van der Waals surface area contributed by atoms with Crippen molar-refractivity contribution in [3.63, 3.8) is 0 Å². The molecule has 0 saturated carbocycles. The third-order valence-electron chi connectivity index (χ3n) is 11.4. The van der Waals surface area contributed by atoms with Crippen LogP contribution < -0.4 is 0 Å². The predicted molar refractivity (Wildman–Crippen MR) is 228 cm³/mol. The van der Waals surface area contributed by atoms with Crippen molar-refractivity contribution in [2.45, 2.75) is 219 Å². The molecular formula is C39H82O5Si5. The van der Waals surface area contributed by atoms with Crippen LogP contribution in [0.5, 0.6) is 0 Å². The molecule has 0 unspecified atom stereocenters. The first-order chi connectivity index (χ1) is 21.3. The van der Waals surface area contributed by atoms with Gasteiger partial charge in [-0.3, -0.25) is 0 Å². The van der Waals surface area contributed by atoms with Crippen LogP contribution in [-0.4, -0.2) is 77.5 Å². The maximum Gasteiger partial charge on any atom is 0.193 e. The van der Waals surface area contributed by atoms with Gasteiger partial charge in [-0.25, -0.2) is 0 Å². The molecule has 4 atom stereocenters. The molecule has 0 amide bonds. The third kappa shape index (κ3) is 17.1. The van der Waals surface area contributed by atoms with Gasteiger partial charge in [-0.05, 0) is 72.5 Å². The molecule has 0 spiro atoms. The van der Waals surface area contributed by atoms with Crippen LogP contribution in [-0.2, 0) is 17.7 Å². The van der Waals surface area contributed by atoms with Crippen molar-refractivity contribution in [2.75, 3.05) is 6.61 Å². The lowest BCUT2D eigenvalue weighted by Crippen LogP contribution is -2.49. The lowest BCUT2D eigenvalue weighted by Gasteiger charge is -2.43. The topological polar surface area (TPSA) is 57.2 Å². The minimum atomic E-state index is -2.17. The Morgan fingerprint density at radius 1 is 0.510 bits per heavy atom. The zero-order valence-electron chi connectivity index (χ0n) is 36.7. The molecule has 0 radical (unpaired) electrons. The molecule has 288 valence electrons. The Kier molecular flexibility index (Phi) is 17.4. The quantitative estimate of drug-likeness (QED) is 0.141.